The molecule has 1 spiro atoms. The van der Waals surface area contributed by atoms with Crippen molar-refractivity contribution in [2.45, 2.75) is 32.2 Å². The molecule has 0 atom stereocenters. The van der Waals surface area contributed by atoms with Crippen LogP contribution in [0.15, 0.2) is 18.6 Å². The maximum Gasteiger partial charge on any atom is 0.323 e. The van der Waals surface area contributed by atoms with Crippen molar-refractivity contribution in [2.75, 3.05) is 38.7 Å². The van der Waals surface area contributed by atoms with Crippen LogP contribution >= 0.6 is 11.3 Å². The number of rotatable bonds is 5. The highest BCUT2D eigenvalue weighted by atomic mass is 32.1. The van der Waals surface area contributed by atoms with Gasteiger partial charge in [-0.25, -0.2) is 23.5 Å². The predicted octanol–water partition coefficient (Wildman–Crippen LogP) is 3.86. The van der Waals surface area contributed by atoms with Gasteiger partial charge in [-0.2, -0.15) is 5.10 Å². The van der Waals surface area contributed by atoms with Crippen LogP contribution in [-0.4, -0.2) is 70.5 Å². The van der Waals surface area contributed by atoms with Gasteiger partial charge in [0.1, 0.15) is 12.1 Å². The van der Waals surface area contributed by atoms with Gasteiger partial charge in [0.05, 0.1) is 18.0 Å². The van der Waals surface area contributed by atoms with Crippen LogP contribution in [0.2, 0.25) is 0 Å². The topological polar surface area (TPSA) is 94.4 Å². The Morgan fingerprint density at radius 1 is 1.33 bits per heavy atom. The maximum atomic E-state index is 13.0. The summed E-state index contributed by atoms with van der Waals surface area (Å²) < 4.78 is 38.2. The molecule has 176 valence electrons. The lowest BCUT2D eigenvalue weighted by molar-refractivity contribution is 0.0211. The van der Waals surface area contributed by atoms with Crippen LogP contribution in [0.5, 0.6) is 5.88 Å². The summed E-state index contributed by atoms with van der Waals surface area (Å²) in [6, 6.07) is -0.185. The van der Waals surface area contributed by atoms with E-state index in [0.717, 1.165) is 37.2 Å². The molecule has 2 amide bonds. The third kappa shape index (κ3) is 4.36. The fourth-order valence-electron chi connectivity index (χ4n) is 4.53. The van der Waals surface area contributed by atoms with Gasteiger partial charge in [-0.05, 0) is 24.7 Å². The zero-order valence-corrected chi connectivity index (χ0v) is 18.9. The lowest BCUT2D eigenvalue weighted by Gasteiger charge is -2.33. The number of fused-ring (bicyclic) bond motifs is 1. The molecule has 2 saturated heterocycles. The Labute approximate surface area is 192 Å². The number of amides is 2. The van der Waals surface area contributed by atoms with Crippen molar-refractivity contribution >= 4 is 32.7 Å². The number of hydrogen-bond acceptors (Lipinski definition) is 7. The fourth-order valence-corrected chi connectivity index (χ4v) is 5.51. The van der Waals surface area contributed by atoms with Gasteiger partial charge in [-0.15, -0.1) is 0 Å². The summed E-state index contributed by atoms with van der Waals surface area (Å²) in [6.07, 6.45) is 5.10. The van der Waals surface area contributed by atoms with Crippen molar-refractivity contribution in [1.29, 1.82) is 0 Å². The molecule has 0 aliphatic carbocycles. The summed E-state index contributed by atoms with van der Waals surface area (Å²) in [5.41, 5.74) is 1.98. The van der Waals surface area contributed by atoms with E-state index in [1.54, 1.807) is 12.4 Å². The normalized spacial score (nSPS) is 17.9. The van der Waals surface area contributed by atoms with Gasteiger partial charge in [0.25, 0.3) is 6.43 Å². The lowest BCUT2D eigenvalue weighted by atomic mass is 9.80. The minimum Gasteiger partial charge on any atom is -0.479 e. The number of hydrogen-bond donors (Lipinski definition) is 1. The van der Waals surface area contributed by atoms with Crippen molar-refractivity contribution in [2.24, 2.45) is 5.41 Å². The zero-order valence-electron chi connectivity index (χ0n) is 18.1. The highest BCUT2D eigenvalue weighted by molar-refractivity contribution is 7.23. The second-order valence-corrected chi connectivity index (χ2v) is 9.43. The van der Waals surface area contributed by atoms with E-state index in [4.69, 9.17) is 9.47 Å². The summed E-state index contributed by atoms with van der Waals surface area (Å²) in [6.45, 7) is 2.43. The van der Waals surface area contributed by atoms with Crippen LogP contribution in [0.25, 0.3) is 21.3 Å². The second kappa shape index (κ2) is 8.82. The van der Waals surface area contributed by atoms with Gasteiger partial charge in [-0.3, -0.25) is 10.00 Å². The highest BCUT2D eigenvalue weighted by Crippen LogP contribution is 2.41. The molecule has 0 aromatic carbocycles. The number of halogens is 2. The Kier molecular flexibility index (Phi) is 5.87. The quantitative estimate of drug-likeness (QED) is 0.599. The first-order valence-corrected chi connectivity index (χ1v) is 11.6. The number of carbonyl (C=O) groups is 1. The Balaban J connectivity index is 1.39. The largest absolute Gasteiger partial charge is 0.479 e. The molecular formula is C21H24F2N6O3S. The third-order valence-electron chi connectivity index (χ3n) is 6.34. The first-order valence-electron chi connectivity index (χ1n) is 10.7. The van der Waals surface area contributed by atoms with E-state index in [1.165, 1.54) is 29.3 Å². The number of alkyl halides is 2. The molecule has 0 bridgehead atoms. The number of nitrogens with one attached hydrogen (secondary N) is 1. The number of urea groups is 1. The van der Waals surface area contributed by atoms with E-state index in [9.17, 15) is 13.6 Å². The van der Waals surface area contributed by atoms with Gasteiger partial charge in [0.2, 0.25) is 5.88 Å². The number of likely N-dealkylation sites (tertiary alicyclic amines) is 1. The molecule has 3 aromatic heterocycles. The Hall–Kier alpha value is -2.86. The molecular weight excluding hydrogens is 454 g/mol. The Morgan fingerprint density at radius 3 is 2.91 bits per heavy atom. The molecule has 3 aromatic rings. The van der Waals surface area contributed by atoms with Gasteiger partial charge < -0.3 is 14.4 Å². The van der Waals surface area contributed by atoms with Crippen LogP contribution in [0.4, 0.5) is 18.7 Å². The van der Waals surface area contributed by atoms with E-state index in [1.807, 2.05) is 4.90 Å². The summed E-state index contributed by atoms with van der Waals surface area (Å²) in [5, 5.41) is 7.35. The van der Waals surface area contributed by atoms with Crippen molar-refractivity contribution in [1.82, 2.24) is 24.6 Å². The molecule has 9 nitrogen and oxygen atoms in total. The number of aromatic nitrogens is 4. The molecule has 0 unspecified atom stereocenters. The SMILES string of the molecule is COc1ncc(-c2cnn(CC(F)F)c2)c2sc(NC(=O)N3CCC4(CCOCC4)C3)nc12. The zero-order chi connectivity index (χ0) is 23.0. The molecule has 5 heterocycles. The fraction of sp³-hybridized carbons (Fsp3) is 0.524. The summed E-state index contributed by atoms with van der Waals surface area (Å²) in [4.78, 5) is 23.6. The minimum atomic E-state index is -2.50. The molecule has 0 saturated carbocycles. The number of carbonyl (C=O) groups excluding carboxylic acids is 1. The summed E-state index contributed by atoms with van der Waals surface area (Å²) in [5.74, 6) is 0.327. The molecule has 12 heteroatoms. The van der Waals surface area contributed by atoms with Crippen molar-refractivity contribution in [3.05, 3.63) is 18.6 Å². The average Bonchev–Trinajstić information content (AvgIpc) is 3.52. The van der Waals surface area contributed by atoms with Crippen LogP contribution in [0, 0.1) is 5.41 Å². The highest BCUT2D eigenvalue weighted by Gasteiger charge is 2.41. The van der Waals surface area contributed by atoms with Gasteiger partial charge in [0, 0.05) is 49.8 Å². The number of ether oxygens (including phenoxy) is 2. The molecule has 1 N–H and O–H groups in total. The maximum absolute atomic E-state index is 13.0. The number of methoxy groups -OCH3 is 1. The molecule has 2 fully saturated rings. The van der Waals surface area contributed by atoms with Crippen molar-refractivity contribution in [3.63, 3.8) is 0 Å². The van der Waals surface area contributed by atoms with E-state index in [0.29, 0.717) is 40.7 Å². The van der Waals surface area contributed by atoms with E-state index in [-0.39, 0.29) is 11.4 Å². The van der Waals surface area contributed by atoms with Crippen LogP contribution in [0.1, 0.15) is 19.3 Å². The standard InChI is InChI=1S/C21H24F2N6O3S/c1-31-18-16-17(14(9-24-18)13-8-25-29(10-13)11-15(22)23)33-19(26-16)27-20(30)28-5-2-21(12-28)3-6-32-7-4-21/h8-10,15H,2-7,11-12H2,1H3,(H,26,27,30). The first-order chi connectivity index (χ1) is 16.0. The van der Waals surface area contributed by atoms with Gasteiger partial charge >= 0.3 is 6.03 Å². The van der Waals surface area contributed by atoms with Crippen LogP contribution < -0.4 is 10.1 Å². The molecule has 33 heavy (non-hydrogen) atoms. The Bertz CT molecular complexity index is 1160. The molecule has 5 rings (SSSR count). The van der Waals surface area contributed by atoms with Crippen LogP contribution in [0.3, 0.4) is 0 Å². The Morgan fingerprint density at radius 2 is 2.15 bits per heavy atom. The van der Waals surface area contributed by atoms with Crippen molar-refractivity contribution < 1.29 is 23.0 Å². The number of pyridine rings is 1. The number of nitrogens with zero attached hydrogens (tertiary/aromatic N) is 5. The molecule has 2 aliphatic rings. The van der Waals surface area contributed by atoms with Crippen molar-refractivity contribution in [3.8, 4) is 17.0 Å². The van der Waals surface area contributed by atoms with Gasteiger partial charge in [0.15, 0.2) is 5.13 Å². The van der Waals surface area contributed by atoms with Crippen LogP contribution in [-0.2, 0) is 11.3 Å². The van der Waals surface area contributed by atoms with E-state index in [2.05, 4.69) is 20.4 Å². The average molecular weight is 479 g/mol. The molecule has 0 radical (unpaired) electrons. The second-order valence-electron chi connectivity index (χ2n) is 8.43. The van der Waals surface area contributed by atoms with E-state index < -0.39 is 13.0 Å². The van der Waals surface area contributed by atoms with E-state index >= 15 is 0 Å². The minimum absolute atomic E-state index is 0.155. The monoisotopic (exact) mass is 478 g/mol. The molecule has 2 aliphatic heterocycles. The lowest BCUT2D eigenvalue weighted by Crippen LogP contribution is -2.37. The number of anilines is 1. The summed E-state index contributed by atoms with van der Waals surface area (Å²) >= 11 is 1.29. The number of thiazole rings is 1. The predicted molar refractivity (Wildman–Crippen MR) is 119 cm³/mol. The smallest absolute Gasteiger partial charge is 0.323 e. The first kappa shape index (κ1) is 22.0. The third-order valence-corrected chi connectivity index (χ3v) is 7.34. The summed E-state index contributed by atoms with van der Waals surface area (Å²) in [7, 11) is 1.50. The van der Waals surface area contributed by atoms with Gasteiger partial charge in [-0.1, -0.05) is 11.3 Å².